The highest BCUT2D eigenvalue weighted by atomic mass is 16.4. The molecule has 4 nitrogen and oxygen atoms in total. The molecule has 0 radical (unpaired) electrons. The molecule has 0 saturated heterocycles. The standard InChI is InChI=1S/C17H21NO3/c1-17(2,3)15(19)8-11-9-16(20)21-14-10-12(18(4)5)6-7-13(11)14/h6-7,9-10H,8H2,1-5H3. The number of fused-ring (bicyclic) bond motifs is 1. The van der Waals surface area contributed by atoms with Crippen molar-refractivity contribution in [1.82, 2.24) is 0 Å². The number of carbonyl (C=O) groups is 1. The van der Waals surface area contributed by atoms with E-state index in [0.29, 0.717) is 5.58 Å². The monoisotopic (exact) mass is 287 g/mol. The van der Waals surface area contributed by atoms with Gasteiger partial charge in [0.2, 0.25) is 0 Å². The Balaban J connectivity index is 2.54. The average Bonchev–Trinajstić information content (AvgIpc) is 2.36. The first-order chi connectivity index (χ1) is 9.68. The number of rotatable bonds is 3. The molecule has 0 unspecified atom stereocenters. The van der Waals surface area contributed by atoms with Crippen LogP contribution < -0.4 is 10.5 Å². The summed E-state index contributed by atoms with van der Waals surface area (Å²) in [6, 6.07) is 7.09. The van der Waals surface area contributed by atoms with Gasteiger partial charge in [-0.3, -0.25) is 4.79 Å². The number of ketones is 1. The Bertz CT molecular complexity index is 736. The van der Waals surface area contributed by atoms with Gasteiger partial charge in [0.05, 0.1) is 0 Å². The van der Waals surface area contributed by atoms with Gasteiger partial charge in [-0.2, -0.15) is 0 Å². The third-order valence-electron chi connectivity index (χ3n) is 3.52. The van der Waals surface area contributed by atoms with Crippen LogP contribution in [-0.4, -0.2) is 19.9 Å². The van der Waals surface area contributed by atoms with E-state index in [-0.39, 0.29) is 12.2 Å². The van der Waals surface area contributed by atoms with Crippen LogP contribution in [0.3, 0.4) is 0 Å². The van der Waals surface area contributed by atoms with Crippen molar-refractivity contribution in [2.24, 2.45) is 5.41 Å². The fourth-order valence-electron chi connectivity index (χ4n) is 2.08. The second kappa shape index (κ2) is 5.35. The number of hydrogen-bond donors (Lipinski definition) is 0. The predicted molar refractivity (Wildman–Crippen MR) is 85.0 cm³/mol. The molecule has 1 aromatic carbocycles. The molecule has 0 N–H and O–H groups in total. The molecule has 21 heavy (non-hydrogen) atoms. The predicted octanol–water partition coefficient (Wildman–Crippen LogP) is 3.02. The molecule has 1 aromatic heterocycles. The maximum atomic E-state index is 12.2. The minimum absolute atomic E-state index is 0.103. The molecule has 0 aliphatic rings. The highest BCUT2D eigenvalue weighted by molar-refractivity contribution is 5.91. The van der Waals surface area contributed by atoms with Crippen LogP contribution in [0.15, 0.2) is 33.5 Å². The second-order valence-electron chi connectivity index (χ2n) is 6.52. The van der Waals surface area contributed by atoms with Gasteiger partial charge in [-0.05, 0) is 17.7 Å². The van der Waals surface area contributed by atoms with Gasteiger partial charge in [0.1, 0.15) is 11.4 Å². The van der Waals surface area contributed by atoms with E-state index in [2.05, 4.69) is 0 Å². The first-order valence-electron chi connectivity index (χ1n) is 6.96. The summed E-state index contributed by atoms with van der Waals surface area (Å²) in [5.74, 6) is 0.103. The van der Waals surface area contributed by atoms with Gasteiger partial charge in [-0.25, -0.2) is 4.79 Å². The van der Waals surface area contributed by atoms with Crippen LogP contribution in [0.5, 0.6) is 0 Å². The lowest BCUT2D eigenvalue weighted by Gasteiger charge is -2.17. The number of carbonyl (C=O) groups excluding carboxylic acids is 1. The van der Waals surface area contributed by atoms with Crippen LogP contribution in [0, 0.1) is 5.41 Å². The average molecular weight is 287 g/mol. The maximum absolute atomic E-state index is 12.2. The summed E-state index contributed by atoms with van der Waals surface area (Å²) in [7, 11) is 3.85. The summed E-state index contributed by atoms with van der Waals surface area (Å²) in [5, 5.41) is 0.817. The molecule has 0 bridgehead atoms. The number of benzene rings is 1. The Morgan fingerprint density at radius 2 is 1.86 bits per heavy atom. The Labute approximate surface area is 124 Å². The van der Waals surface area contributed by atoms with Crippen molar-refractivity contribution in [3.05, 3.63) is 40.2 Å². The number of hydrogen-bond acceptors (Lipinski definition) is 4. The fourth-order valence-corrected chi connectivity index (χ4v) is 2.08. The van der Waals surface area contributed by atoms with E-state index in [1.54, 1.807) is 0 Å². The van der Waals surface area contributed by atoms with Crippen molar-refractivity contribution >= 4 is 22.4 Å². The Morgan fingerprint density at radius 1 is 1.19 bits per heavy atom. The summed E-state index contributed by atoms with van der Waals surface area (Å²) < 4.78 is 5.27. The molecule has 2 rings (SSSR count). The first-order valence-corrected chi connectivity index (χ1v) is 6.96. The summed E-state index contributed by atoms with van der Waals surface area (Å²) in [5.41, 5.74) is 1.35. The van der Waals surface area contributed by atoms with Gasteiger partial charge < -0.3 is 9.32 Å². The van der Waals surface area contributed by atoms with E-state index in [1.165, 1.54) is 6.07 Å². The van der Waals surface area contributed by atoms with Gasteiger partial charge in [-0.15, -0.1) is 0 Å². The molecule has 4 heteroatoms. The zero-order valence-electron chi connectivity index (χ0n) is 13.2. The molecule has 2 aromatic rings. The normalized spacial score (nSPS) is 11.7. The van der Waals surface area contributed by atoms with Gasteiger partial charge in [0, 0.05) is 49.1 Å². The summed E-state index contributed by atoms with van der Waals surface area (Å²) in [6.45, 7) is 5.65. The zero-order chi connectivity index (χ0) is 15.8. The number of Topliss-reactive ketones (excluding diaryl/α,β-unsaturated/α-hetero) is 1. The lowest BCUT2D eigenvalue weighted by atomic mass is 9.86. The van der Waals surface area contributed by atoms with Gasteiger partial charge in [0.25, 0.3) is 0 Å². The molecular weight excluding hydrogens is 266 g/mol. The highest BCUT2D eigenvalue weighted by Gasteiger charge is 2.22. The molecule has 0 saturated carbocycles. The van der Waals surface area contributed by atoms with Gasteiger partial charge >= 0.3 is 5.63 Å². The summed E-state index contributed by atoms with van der Waals surface area (Å²) in [4.78, 5) is 25.9. The minimum Gasteiger partial charge on any atom is -0.423 e. The molecule has 0 aliphatic carbocycles. The van der Waals surface area contributed by atoms with E-state index in [1.807, 2.05) is 58.0 Å². The Morgan fingerprint density at radius 3 is 2.43 bits per heavy atom. The van der Waals surface area contributed by atoms with Gasteiger partial charge in [0.15, 0.2) is 0 Å². The second-order valence-corrected chi connectivity index (χ2v) is 6.52. The smallest absolute Gasteiger partial charge is 0.336 e. The molecule has 0 aliphatic heterocycles. The zero-order valence-corrected chi connectivity index (χ0v) is 13.2. The molecule has 0 amide bonds. The van der Waals surface area contributed by atoms with Crippen molar-refractivity contribution in [3.8, 4) is 0 Å². The van der Waals surface area contributed by atoms with E-state index in [4.69, 9.17) is 4.42 Å². The summed E-state index contributed by atoms with van der Waals surface area (Å²) >= 11 is 0. The molecular formula is C17H21NO3. The van der Waals surface area contributed by atoms with Crippen molar-refractivity contribution in [2.45, 2.75) is 27.2 Å². The SMILES string of the molecule is CN(C)c1ccc2c(CC(=O)C(C)(C)C)cc(=O)oc2c1. The van der Waals surface area contributed by atoms with Crippen LogP contribution in [0.1, 0.15) is 26.3 Å². The maximum Gasteiger partial charge on any atom is 0.336 e. The Kier molecular flexibility index (Phi) is 3.90. The van der Waals surface area contributed by atoms with Crippen molar-refractivity contribution < 1.29 is 9.21 Å². The molecule has 112 valence electrons. The largest absolute Gasteiger partial charge is 0.423 e. The van der Waals surface area contributed by atoms with E-state index in [9.17, 15) is 9.59 Å². The van der Waals surface area contributed by atoms with E-state index >= 15 is 0 Å². The Hall–Kier alpha value is -2.10. The minimum atomic E-state index is -0.425. The van der Waals surface area contributed by atoms with Crippen molar-refractivity contribution in [1.29, 1.82) is 0 Å². The van der Waals surface area contributed by atoms with Crippen LogP contribution in [-0.2, 0) is 11.2 Å². The lowest BCUT2D eigenvalue weighted by Crippen LogP contribution is -2.22. The quantitative estimate of drug-likeness (QED) is 0.814. The third kappa shape index (κ3) is 3.32. The number of anilines is 1. The van der Waals surface area contributed by atoms with Crippen LogP contribution >= 0.6 is 0 Å². The van der Waals surface area contributed by atoms with Crippen molar-refractivity contribution in [2.75, 3.05) is 19.0 Å². The topological polar surface area (TPSA) is 50.5 Å². The van der Waals surface area contributed by atoms with Gasteiger partial charge in [-0.1, -0.05) is 20.8 Å². The summed E-state index contributed by atoms with van der Waals surface area (Å²) in [6.07, 6.45) is 0.243. The highest BCUT2D eigenvalue weighted by Crippen LogP contribution is 2.25. The molecule has 0 fully saturated rings. The van der Waals surface area contributed by atoms with Crippen LogP contribution in [0.25, 0.3) is 11.0 Å². The van der Waals surface area contributed by atoms with E-state index in [0.717, 1.165) is 16.6 Å². The first kappa shape index (κ1) is 15.3. The van der Waals surface area contributed by atoms with E-state index < -0.39 is 11.0 Å². The van der Waals surface area contributed by atoms with Crippen LogP contribution in [0.2, 0.25) is 0 Å². The fraction of sp³-hybridized carbons (Fsp3) is 0.412. The molecule has 1 heterocycles. The van der Waals surface area contributed by atoms with Crippen molar-refractivity contribution in [3.63, 3.8) is 0 Å². The van der Waals surface area contributed by atoms with Crippen LogP contribution in [0.4, 0.5) is 5.69 Å². The molecule has 0 spiro atoms. The number of nitrogens with zero attached hydrogens (tertiary/aromatic N) is 1. The third-order valence-corrected chi connectivity index (χ3v) is 3.52. The molecule has 0 atom stereocenters. The lowest BCUT2D eigenvalue weighted by molar-refractivity contribution is -0.125.